The molecule has 0 aromatic heterocycles. The summed E-state index contributed by atoms with van der Waals surface area (Å²) in [5.74, 6) is 4.43. The summed E-state index contributed by atoms with van der Waals surface area (Å²) >= 11 is 0. The van der Waals surface area contributed by atoms with Crippen molar-refractivity contribution < 1.29 is 13.5 Å². The topological polar surface area (TPSA) is 47.3 Å². The van der Waals surface area contributed by atoms with Crippen LogP contribution in [0.2, 0.25) is 0 Å². The van der Waals surface area contributed by atoms with Crippen LogP contribution in [-0.2, 0) is 4.74 Å². The Labute approximate surface area is 112 Å². The number of hydrogen-bond donors (Lipinski definition) is 2. The smallest absolute Gasteiger partial charge is 0.126 e. The second kappa shape index (κ2) is 5.94. The van der Waals surface area contributed by atoms with Crippen LogP contribution in [0.15, 0.2) is 18.2 Å². The van der Waals surface area contributed by atoms with E-state index in [-0.39, 0.29) is 0 Å². The van der Waals surface area contributed by atoms with E-state index in [1.54, 1.807) is 0 Å². The van der Waals surface area contributed by atoms with Crippen LogP contribution < -0.4 is 11.3 Å². The number of halogens is 2. The summed E-state index contributed by atoms with van der Waals surface area (Å²) in [5.41, 5.74) is 2.71. The lowest BCUT2D eigenvalue weighted by atomic mass is 9.87. The van der Waals surface area contributed by atoms with Gasteiger partial charge in [-0.25, -0.2) is 8.78 Å². The Morgan fingerprint density at radius 2 is 1.84 bits per heavy atom. The molecule has 1 saturated carbocycles. The summed E-state index contributed by atoms with van der Waals surface area (Å²) in [5, 5.41) is 0. The van der Waals surface area contributed by atoms with Crippen LogP contribution in [0, 0.1) is 11.6 Å². The Bertz CT molecular complexity index is 413. The zero-order valence-electron chi connectivity index (χ0n) is 11.1. The molecule has 5 heteroatoms. The summed E-state index contributed by atoms with van der Waals surface area (Å²) in [6.07, 6.45) is 3.76. The zero-order chi connectivity index (χ0) is 13.9. The van der Waals surface area contributed by atoms with Gasteiger partial charge in [-0.3, -0.25) is 11.3 Å². The molecule has 2 rings (SSSR count). The van der Waals surface area contributed by atoms with Crippen molar-refractivity contribution in [3.63, 3.8) is 0 Å². The Balaban J connectivity index is 2.36. The van der Waals surface area contributed by atoms with Gasteiger partial charge < -0.3 is 4.74 Å². The van der Waals surface area contributed by atoms with Crippen molar-refractivity contribution >= 4 is 0 Å². The maximum Gasteiger partial charge on any atom is 0.126 e. The highest BCUT2D eigenvalue weighted by Gasteiger charge is 2.42. The van der Waals surface area contributed by atoms with Crippen molar-refractivity contribution in [2.45, 2.75) is 44.2 Å². The number of rotatable bonds is 5. The minimum atomic E-state index is -0.597. The highest BCUT2D eigenvalue weighted by atomic mass is 19.1. The molecule has 1 fully saturated rings. The summed E-state index contributed by atoms with van der Waals surface area (Å²) in [4.78, 5) is 0. The molecule has 1 aromatic rings. The molecule has 0 spiro atoms. The van der Waals surface area contributed by atoms with Crippen LogP contribution in [-0.4, -0.2) is 12.2 Å². The minimum absolute atomic E-state index is 0.403. The molecule has 0 heterocycles. The van der Waals surface area contributed by atoms with Crippen molar-refractivity contribution in [1.82, 2.24) is 5.43 Å². The summed E-state index contributed by atoms with van der Waals surface area (Å²) in [6.45, 7) is 2.47. The lowest BCUT2D eigenvalue weighted by molar-refractivity contribution is -0.0628. The third-order valence-corrected chi connectivity index (χ3v) is 3.79. The molecule has 0 bridgehead atoms. The Morgan fingerprint density at radius 1 is 1.26 bits per heavy atom. The van der Waals surface area contributed by atoms with Gasteiger partial charge in [0.25, 0.3) is 0 Å². The number of benzene rings is 1. The van der Waals surface area contributed by atoms with E-state index >= 15 is 0 Å². The molecule has 1 aliphatic carbocycles. The van der Waals surface area contributed by atoms with Gasteiger partial charge in [-0.1, -0.05) is 12.8 Å². The van der Waals surface area contributed by atoms with Gasteiger partial charge in [-0.15, -0.1) is 0 Å². The van der Waals surface area contributed by atoms with Crippen molar-refractivity contribution in [1.29, 1.82) is 0 Å². The van der Waals surface area contributed by atoms with E-state index in [2.05, 4.69) is 5.43 Å². The fraction of sp³-hybridized carbons (Fsp3) is 0.571. The van der Waals surface area contributed by atoms with Gasteiger partial charge in [-0.2, -0.15) is 0 Å². The van der Waals surface area contributed by atoms with Crippen LogP contribution in [0.1, 0.15) is 44.2 Å². The molecule has 1 unspecified atom stereocenters. The molecule has 1 aliphatic rings. The monoisotopic (exact) mass is 270 g/mol. The number of hydrogen-bond acceptors (Lipinski definition) is 3. The van der Waals surface area contributed by atoms with Crippen molar-refractivity contribution in [2.75, 3.05) is 6.61 Å². The van der Waals surface area contributed by atoms with Crippen molar-refractivity contribution in [2.24, 2.45) is 5.84 Å². The van der Waals surface area contributed by atoms with Crippen LogP contribution in [0.5, 0.6) is 0 Å². The molecular formula is C14H20F2N2O. The molecule has 0 radical (unpaired) electrons. The predicted molar refractivity (Wildman–Crippen MR) is 69.2 cm³/mol. The van der Waals surface area contributed by atoms with Crippen LogP contribution in [0.4, 0.5) is 8.78 Å². The predicted octanol–water partition coefficient (Wildman–Crippen LogP) is 2.82. The summed E-state index contributed by atoms with van der Waals surface area (Å²) in [6, 6.07) is 3.08. The van der Waals surface area contributed by atoms with Gasteiger partial charge in [0.05, 0.1) is 11.6 Å². The maximum atomic E-state index is 13.4. The van der Waals surface area contributed by atoms with Crippen LogP contribution >= 0.6 is 0 Å². The fourth-order valence-electron chi connectivity index (χ4n) is 3.07. The first-order valence-corrected chi connectivity index (χ1v) is 6.67. The third kappa shape index (κ3) is 2.94. The minimum Gasteiger partial charge on any atom is -0.373 e. The van der Waals surface area contributed by atoms with Gasteiger partial charge >= 0.3 is 0 Å². The lowest BCUT2D eigenvalue weighted by Crippen LogP contribution is -2.47. The largest absolute Gasteiger partial charge is 0.373 e. The van der Waals surface area contributed by atoms with Gasteiger partial charge in [0, 0.05) is 12.7 Å². The van der Waals surface area contributed by atoms with E-state index in [0.29, 0.717) is 12.2 Å². The molecule has 3 N–H and O–H groups in total. The van der Waals surface area contributed by atoms with E-state index < -0.39 is 23.3 Å². The van der Waals surface area contributed by atoms with E-state index in [4.69, 9.17) is 10.6 Å². The lowest BCUT2D eigenvalue weighted by Gasteiger charge is -2.37. The van der Waals surface area contributed by atoms with E-state index in [1.807, 2.05) is 6.92 Å². The number of nitrogens with two attached hydrogens (primary N) is 1. The highest BCUT2D eigenvalue weighted by Crippen LogP contribution is 2.42. The molecule has 106 valence electrons. The zero-order valence-corrected chi connectivity index (χ0v) is 11.1. The second-order valence-corrected chi connectivity index (χ2v) is 5.01. The van der Waals surface area contributed by atoms with E-state index in [1.165, 1.54) is 12.1 Å². The molecule has 19 heavy (non-hydrogen) atoms. The normalized spacial score (nSPS) is 19.6. The number of hydrazine groups is 1. The summed E-state index contributed by atoms with van der Waals surface area (Å²) in [7, 11) is 0. The second-order valence-electron chi connectivity index (χ2n) is 5.01. The van der Waals surface area contributed by atoms with Crippen molar-refractivity contribution in [3.05, 3.63) is 35.4 Å². The fourth-order valence-corrected chi connectivity index (χ4v) is 3.07. The summed E-state index contributed by atoms with van der Waals surface area (Å²) < 4.78 is 32.6. The van der Waals surface area contributed by atoms with Gasteiger partial charge in [-0.05, 0) is 37.5 Å². The van der Waals surface area contributed by atoms with Gasteiger partial charge in [0.1, 0.15) is 11.6 Å². The Morgan fingerprint density at radius 3 is 2.32 bits per heavy atom. The van der Waals surface area contributed by atoms with E-state index in [9.17, 15) is 8.78 Å². The van der Waals surface area contributed by atoms with E-state index in [0.717, 1.165) is 31.7 Å². The number of ether oxygens (including phenoxy) is 1. The Hall–Kier alpha value is -1.04. The van der Waals surface area contributed by atoms with Crippen LogP contribution in [0.3, 0.4) is 0 Å². The molecule has 0 amide bonds. The molecule has 3 nitrogen and oxygen atoms in total. The first-order valence-electron chi connectivity index (χ1n) is 6.67. The first-order chi connectivity index (χ1) is 9.11. The molecule has 0 saturated heterocycles. The standard InChI is InChI=1S/C14H20F2N2O/c1-2-19-14(5-3-4-6-14)13(18-17)10-7-11(15)9-12(16)8-10/h7-9,13,18H,2-6,17H2,1H3. The molecular weight excluding hydrogens is 250 g/mol. The molecule has 0 aliphatic heterocycles. The van der Waals surface area contributed by atoms with Crippen molar-refractivity contribution in [3.8, 4) is 0 Å². The van der Waals surface area contributed by atoms with Gasteiger partial charge in [0.15, 0.2) is 0 Å². The van der Waals surface area contributed by atoms with Gasteiger partial charge in [0.2, 0.25) is 0 Å². The quantitative estimate of drug-likeness (QED) is 0.639. The number of nitrogens with one attached hydrogen (secondary N) is 1. The average Bonchev–Trinajstić information content (AvgIpc) is 2.78. The average molecular weight is 270 g/mol. The molecule has 1 aromatic carbocycles. The SMILES string of the molecule is CCOC1(C(NN)c2cc(F)cc(F)c2)CCCC1. The maximum absolute atomic E-state index is 13.4. The Kier molecular flexibility index (Phi) is 4.50. The molecule has 1 atom stereocenters. The van der Waals surface area contributed by atoms with Crippen LogP contribution in [0.25, 0.3) is 0 Å². The highest BCUT2D eigenvalue weighted by molar-refractivity contribution is 5.25. The third-order valence-electron chi connectivity index (χ3n) is 3.79. The first kappa shape index (κ1) is 14.4.